The average Bonchev–Trinajstić information content (AvgIpc) is 0.763. The van der Waals surface area contributed by atoms with Gasteiger partial charge < -0.3 is 25.5 Å². The summed E-state index contributed by atoms with van der Waals surface area (Å²) in [6.45, 7) is 47.7. The zero-order valence-electron chi connectivity index (χ0n) is 76.8. The van der Waals surface area contributed by atoms with Crippen LogP contribution in [0.2, 0.25) is 0 Å². The summed E-state index contributed by atoms with van der Waals surface area (Å²) in [5.41, 5.74) is 0. The van der Waals surface area contributed by atoms with Crippen molar-refractivity contribution in [2.45, 2.75) is 486 Å². The summed E-state index contributed by atoms with van der Waals surface area (Å²) >= 11 is 0. The second-order valence-electron chi connectivity index (χ2n) is 32.4. The van der Waals surface area contributed by atoms with Gasteiger partial charge in [0, 0.05) is 32.1 Å². The van der Waals surface area contributed by atoms with E-state index in [1.165, 1.54) is 244 Å². The molecule has 10 heteroatoms. The van der Waals surface area contributed by atoms with Crippen LogP contribution in [-0.4, -0.2) is 55.4 Å². The van der Waals surface area contributed by atoms with Crippen molar-refractivity contribution in [1.29, 1.82) is 0 Å². The Labute approximate surface area is 681 Å². The minimum absolute atomic E-state index is 0.329. The van der Waals surface area contributed by atoms with Gasteiger partial charge in [0.05, 0.1) is 0 Å². The molecule has 5 N–H and O–H groups in total. The van der Waals surface area contributed by atoms with Gasteiger partial charge in [-0.2, -0.15) is 0 Å². The Kier molecular flexibility index (Phi) is 103. The molecule has 1 fully saturated rings. The standard InChI is InChI=1S/C29H52O2.C16H28.4C8H16O2.C8H16.2C6H14.C2H6/c1-4-6-8-10-13-17-21-28-25(3)26(19-16-12-11-14-18-22-29(30)31)23-24-27(28)20-15-9-7-5-2;1-9-7-8-10(2)16-14(6)12(4)11(3)13(5)15(9)16;4*1-2-3-4-5-6-7-8(9)10;1-3-5-7-8-6-4-2;2*1-3-5-6-4-2;1-2/h13,17,23-28H,4-12,14-16,18-22H2,1-3H3,(H,30,31);7-16H,1-6H3;4*2-7H2,1H3,(H,9,10);3,5H,4,6-8H2,1-2H3;2*3-6H2,1-2H3;1-2H3. The molecule has 0 aromatic heterocycles. The van der Waals surface area contributed by atoms with Gasteiger partial charge in [-0.3, -0.25) is 24.0 Å². The van der Waals surface area contributed by atoms with Crippen LogP contribution in [0.5, 0.6) is 0 Å². The summed E-state index contributed by atoms with van der Waals surface area (Å²) in [6.07, 6.45) is 79.9. The normalized spacial score (nSPS) is 20.5. The van der Waals surface area contributed by atoms with Crippen molar-refractivity contribution in [1.82, 2.24) is 0 Å². The number of hydrogen-bond donors (Lipinski definition) is 5. The van der Waals surface area contributed by atoms with E-state index in [0.717, 1.165) is 135 Å². The zero-order valence-corrected chi connectivity index (χ0v) is 76.8. The fourth-order valence-corrected chi connectivity index (χ4v) is 15.1. The summed E-state index contributed by atoms with van der Waals surface area (Å²) in [5.74, 6) is 6.68. The molecule has 650 valence electrons. The van der Waals surface area contributed by atoms with Crippen LogP contribution in [0.1, 0.15) is 486 Å². The molecule has 1 saturated carbocycles. The van der Waals surface area contributed by atoms with Crippen molar-refractivity contribution in [2.24, 2.45) is 71.0 Å². The largest absolute Gasteiger partial charge is 0.481 e. The van der Waals surface area contributed by atoms with Crippen molar-refractivity contribution in [3.63, 3.8) is 0 Å². The van der Waals surface area contributed by atoms with E-state index in [1.807, 2.05) is 13.8 Å². The zero-order chi connectivity index (χ0) is 83.9. The highest BCUT2D eigenvalue weighted by atomic mass is 16.4. The third-order valence-corrected chi connectivity index (χ3v) is 22.6. The molecule has 0 aromatic carbocycles. The van der Waals surface area contributed by atoms with Crippen LogP contribution in [0.3, 0.4) is 0 Å². The van der Waals surface area contributed by atoms with Crippen LogP contribution < -0.4 is 0 Å². The third kappa shape index (κ3) is 85.0. The predicted molar refractivity (Wildman–Crippen MR) is 480 cm³/mol. The number of carboxylic acid groups (broad SMARTS) is 5. The molecule has 3 rings (SSSR count). The minimum Gasteiger partial charge on any atom is -0.481 e. The molecule has 0 saturated heterocycles. The Hall–Kier alpha value is -3.69. The van der Waals surface area contributed by atoms with Gasteiger partial charge in [0.25, 0.3) is 0 Å². The smallest absolute Gasteiger partial charge is 0.303 e. The van der Waals surface area contributed by atoms with Crippen LogP contribution in [-0.2, 0) is 24.0 Å². The molecule has 10 nitrogen and oxygen atoms in total. The van der Waals surface area contributed by atoms with Crippen LogP contribution in [0.25, 0.3) is 0 Å². The van der Waals surface area contributed by atoms with Gasteiger partial charge in [0.2, 0.25) is 0 Å². The second kappa shape index (κ2) is 94.9. The summed E-state index contributed by atoms with van der Waals surface area (Å²) in [4.78, 5) is 50.7. The van der Waals surface area contributed by atoms with Gasteiger partial charge in [0.15, 0.2) is 0 Å². The van der Waals surface area contributed by atoms with Crippen molar-refractivity contribution in [2.75, 3.05) is 0 Å². The molecule has 3 aliphatic rings. The number of carboxylic acids is 5. The molecule has 0 aliphatic heterocycles. The van der Waals surface area contributed by atoms with Crippen molar-refractivity contribution in [3.8, 4) is 0 Å². The summed E-state index contributed by atoms with van der Waals surface area (Å²) < 4.78 is 0. The Morgan fingerprint density at radius 1 is 0.266 bits per heavy atom. The maximum absolute atomic E-state index is 10.6. The molecule has 0 radical (unpaired) electrons. The molecule has 109 heavy (non-hydrogen) atoms. The van der Waals surface area contributed by atoms with Gasteiger partial charge >= 0.3 is 29.8 Å². The van der Waals surface area contributed by atoms with Crippen LogP contribution >= 0.6 is 0 Å². The highest BCUT2D eigenvalue weighted by Crippen LogP contribution is 2.53. The highest BCUT2D eigenvalue weighted by molar-refractivity contribution is 5.67. The van der Waals surface area contributed by atoms with E-state index in [9.17, 15) is 24.0 Å². The number of carbonyl (C=O) groups is 5. The van der Waals surface area contributed by atoms with Crippen LogP contribution in [0.4, 0.5) is 0 Å². The molecule has 12 atom stereocenters. The van der Waals surface area contributed by atoms with Gasteiger partial charge in [0.1, 0.15) is 0 Å². The maximum atomic E-state index is 10.6. The SMILES string of the molecule is CC.CC1C=CC(C)C2C(C)C(C)C(C)C(C)C12.CC=CCCCCC.CCCCCC.CCCCCC.CCCCCC=CCC1C(CCCCCC)C=CC(CCCCCCCC(=O)O)C1C.CCCCCCCC(=O)O.CCCCCCCC(=O)O.CCCCCCCC(=O)O.CCCCCCCC(=O)O. The average molecular weight is 1540 g/mol. The molecule has 3 aliphatic carbocycles. The van der Waals surface area contributed by atoms with E-state index in [1.54, 1.807) is 0 Å². The second-order valence-corrected chi connectivity index (χ2v) is 32.4. The number of fused-ring (bicyclic) bond motifs is 1. The number of hydrogen-bond acceptors (Lipinski definition) is 5. The minimum atomic E-state index is -0.670. The Morgan fingerprint density at radius 2 is 0.495 bits per heavy atom. The number of unbranched alkanes of at least 4 members (excludes halogenated alkanes) is 35. The fourth-order valence-electron chi connectivity index (χ4n) is 15.1. The number of aliphatic carboxylic acids is 5. The van der Waals surface area contributed by atoms with Gasteiger partial charge in [-0.15, -0.1) is 0 Å². The molecular formula is C99H194O10. The first-order chi connectivity index (χ1) is 52.4. The molecule has 0 amide bonds. The lowest BCUT2D eigenvalue weighted by Crippen LogP contribution is -2.48. The first kappa shape index (κ1) is 119. The molecule has 12 unspecified atom stereocenters. The Morgan fingerprint density at radius 3 is 0.780 bits per heavy atom. The fraction of sp³-hybridized carbons (Fsp3) is 0.869. The van der Waals surface area contributed by atoms with E-state index in [2.05, 4.69) is 180 Å². The summed E-state index contributed by atoms with van der Waals surface area (Å²) in [6, 6.07) is 0. The quantitative estimate of drug-likeness (QED) is 0.0290. The Bertz CT molecular complexity index is 1850. The van der Waals surface area contributed by atoms with Crippen molar-refractivity contribution < 1.29 is 49.5 Å². The van der Waals surface area contributed by atoms with Crippen LogP contribution in [0, 0.1) is 71.0 Å². The van der Waals surface area contributed by atoms with E-state index >= 15 is 0 Å². The number of allylic oxidation sites excluding steroid dienone is 8. The van der Waals surface area contributed by atoms with Gasteiger partial charge in [-0.05, 0) is 155 Å². The Balaban J connectivity index is -0.000000228. The van der Waals surface area contributed by atoms with E-state index in [0.29, 0.717) is 32.1 Å². The first-order valence-electron chi connectivity index (χ1n) is 47.1. The molecule has 0 bridgehead atoms. The lowest BCUT2D eigenvalue weighted by Gasteiger charge is -2.53. The highest BCUT2D eigenvalue weighted by Gasteiger charge is 2.47. The maximum Gasteiger partial charge on any atom is 0.303 e. The van der Waals surface area contributed by atoms with Crippen molar-refractivity contribution >= 4 is 29.8 Å². The van der Waals surface area contributed by atoms with E-state index in [4.69, 9.17) is 25.5 Å². The molecule has 0 spiro atoms. The first-order valence-corrected chi connectivity index (χ1v) is 47.1. The molecule has 0 heterocycles. The van der Waals surface area contributed by atoms with Gasteiger partial charge in [-0.25, -0.2) is 0 Å². The summed E-state index contributed by atoms with van der Waals surface area (Å²) in [5, 5.41) is 41.8. The van der Waals surface area contributed by atoms with Gasteiger partial charge in [-0.1, -0.05) is 418 Å². The lowest BCUT2D eigenvalue weighted by molar-refractivity contribution is -0.138. The van der Waals surface area contributed by atoms with Crippen molar-refractivity contribution in [3.05, 3.63) is 48.6 Å². The number of rotatable bonds is 53. The third-order valence-electron chi connectivity index (χ3n) is 22.6. The van der Waals surface area contributed by atoms with E-state index in [-0.39, 0.29) is 0 Å². The molecular weight excluding hydrogens is 1350 g/mol. The van der Waals surface area contributed by atoms with E-state index < -0.39 is 29.8 Å². The molecule has 0 aromatic rings. The predicted octanol–water partition coefficient (Wildman–Crippen LogP) is 33.0. The lowest BCUT2D eigenvalue weighted by atomic mass is 9.52. The van der Waals surface area contributed by atoms with Crippen LogP contribution in [0.15, 0.2) is 48.6 Å². The monoisotopic (exact) mass is 1540 g/mol. The topological polar surface area (TPSA) is 186 Å². The summed E-state index contributed by atoms with van der Waals surface area (Å²) in [7, 11) is 0.